The minimum absolute atomic E-state index is 0.0816. The lowest BCUT2D eigenvalue weighted by atomic mass is 10.1. The van der Waals surface area contributed by atoms with Crippen LogP contribution in [0.3, 0.4) is 0 Å². The first kappa shape index (κ1) is 14.5. The lowest BCUT2D eigenvalue weighted by molar-refractivity contribution is 0.565. The van der Waals surface area contributed by atoms with E-state index in [4.69, 9.17) is 11.6 Å². The summed E-state index contributed by atoms with van der Waals surface area (Å²) in [7, 11) is 0. The molecule has 0 aliphatic carbocycles. The van der Waals surface area contributed by atoms with E-state index in [0.717, 1.165) is 15.6 Å². The van der Waals surface area contributed by atoms with Gasteiger partial charge in [-0.1, -0.05) is 29.8 Å². The summed E-state index contributed by atoms with van der Waals surface area (Å²) in [5, 5.41) is 4.04. The van der Waals surface area contributed by atoms with Crippen LogP contribution in [0.4, 0.5) is 4.39 Å². The Hall–Kier alpha value is -0.900. The highest BCUT2D eigenvalue weighted by atomic mass is 79.9. The fourth-order valence-corrected chi connectivity index (χ4v) is 2.26. The Morgan fingerprint density at radius 2 is 2.05 bits per heavy atom. The molecule has 1 N–H and O–H groups in total. The number of hydrogen-bond acceptors (Lipinski definition) is 1. The molecule has 2 aromatic rings. The van der Waals surface area contributed by atoms with Crippen LogP contribution in [0.2, 0.25) is 5.02 Å². The average Bonchev–Trinajstić information content (AvgIpc) is 2.40. The summed E-state index contributed by atoms with van der Waals surface area (Å²) in [6, 6.07) is 12.5. The van der Waals surface area contributed by atoms with E-state index in [1.165, 1.54) is 6.07 Å². The largest absolute Gasteiger partial charge is 0.306 e. The fourth-order valence-electron chi connectivity index (χ4n) is 1.81. The normalized spacial score (nSPS) is 12.4. The molecule has 0 aromatic heterocycles. The Bertz CT molecular complexity index is 574. The maximum absolute atomic E-state index is 13.1. The van der Waals surface area contributed by atoms with Crippen LogP contribution in [0, 0.1) is 5.82 Å². The van der Waals surface area contributed by atoms with Gasteiger partial charge < -0.3 is 5.32 Å². The standard InChI is InChI=1S/C15H14BrClFN/c1-10(12-3-2-4-13(18)8-12)19-9-11-5-6-14(16)15(17)7-11/h2-8,10,19H,9H2,1H3. The summed E-state index contributed by atoms with van der Waals surface area (Å²) in [5.74, 6) is -0.210. The summed E-state index contributed by atoms with van der Waals surface area (Å²) < 4.78 is 14.0. The van der Waals surface area contributed by atoms with Crippen molar-refractivity contribution in [1.82, 2.24) is 5.32 Å². The van der Waals surface area contributed by atoms with Crippen molar-refractivity contribution in [2.24, 2.45) is 0 Å². The molecule has 0 bridgehead atoms. The molecule has 0 aliphatic heterocycles. The highest BCUT2D eigenvalue weighted by Gasteiger charge is 2.06. The Kier molecular flexibility index (Phi) is 4.97. The first-order valence-electron chi connectivity index (χ1n) is 5.99. The molecular weight excluding hydrogens is 329 g/mol. The van der Waals surface area contributed by atoms with E-state index in [9.17, 15) is 4.39 Å². The van der Waals surface area contributed by atoms with Crippen molar-refractivity contribution in [1.29, 1.82) is 0 Å². The number of nitrogens with one attached hydrogen (secondary N) is 1. The van der Waals surface area contributed by atoms with Gasteiger partial charge >= 0.3 is 0 Å². The number of hydrogen-bond donors (Lipinski definition) is 1. The van der Waals surface area contributed by atoms with Gasteiger partial charge in [-0.2, -0.15) is 0 Å². The highest BCUT2D eigenvalue weighted by Crippen LogP contribution is 2.23. The van der Waals surface area contributed by atoms with Crippen molar-refractivity contribution in [3.05, 3.63) is 68.9 Å². The third-order valence-electron chi connectivity index (χ3n) is 2.95. The molecule has 0 radical (unpaired) electrons. The number of rotatable bonds is 4. The molecule has 1 nitrogen and oxygen atoms in total. The van der Waals surface area contributed by atoms with Gasteiger partial charge in [0.25, 0.3) is 0 Å². The number of halogens is 3. The van der Waals surface area contributed by atoms with E-state index in [1.54, 1.807) is 12.1 Å². The molecule has 0 aliphatic rings. The third kappa shape index (κ3) is 4.03. The predicted octanol–water partition coefficient (Wildman–Crippen LogP) is 5.09. The van der Waals surface area contributed by atoms with E-state index in [-0.39, 0.29) is 11.9 Å². The van der Waals surface area contributed by atoms with E-state index in [2.05, 4.69) is 21.2 Å². The van der Waals surface area contributed by atoms with Crippen LogP contribution in [0.15, 0.2) is 46.9 Å². The highest BCUT2D eigenvalue weighted by molar-refractivity contribution is 9.10. The quantitative estimate of drug-likeness (QED) is 0.816. The molecule has 0 saturated heterocycles. The average molecular weight is 343 g/mol. The van der Waals surface area contributed by atoms with Gasteiger partial charge in [0, 0.05) is 17.1 Å². The van der Waals surface area contributed by atoms with E-state index < -0.39 is 0 Å². The van der Waals surface area contributed by atoms with E-state index in [1.807, 2.05) is 31.2 Å². The van der Waals surface area contributed by atoms with Crippen molar-refractivity contribution in [3.8, 4) is 0 Å². The summed E-state index contributed by atoms with van der Waals surface area (Å²) in [5.41, 5.74) is 2.03. The van der Waals surface area contributed by atoms with Gasteiger partial charge in [-0.15, -0.1) is 0 Å². The second kappa shape index (κ2) is 6.51. The topological polar surface area (TPSA) is 12.0 Å². The maximum Gasteiger partial charge on any atom is 0.123 e. The first-order valence-corrected chi connectivity index (χ1v) is 7.16. The molecule has 1 atom stereocenters. The number of benzene rings is 2. The molecule has 0 fully saturated rings. The fraction of sp³-hybridized carbons (Fsp3) is 0.200. The molecule has 0 heterocycles. The van der Waals surface area contributed by atoms with Gasteiger partial charge in [0.05, 0.1) is 5.02 Å². The molecular formula is C15H14BrClFN. The summed E-state index contributed by atoms with van der Waals surface area (Å²) in [6.07, 6.45) is 0. The molecule has 4 heteroatoms. The Balaban J connectivity index is 2.00. The molecule has 0 amide bonds. The van der Waals surface area contributed by atoms with Crippen LogP contribution in [0.1, 0.15) is 24.1 Å². The van der Waals surface area contributed by atoms with Crippen molar-refractivity contribution in [3.63, 3.8) is 0 Å². The zero-order valence-electron chi connectivity index (χ0n) is 10.5. The SMILES string of the molecule is CC(NCc1ccc(Br)c(Cl)c1)c1cccc(F)c1. The van der Waals surface area contributed by atoms with Gasteiger partial charge in [-0.3, -0.25) is 0 Å². The smallest absolute Gasteiger partial charge is 0.123 e. The molecule has 1 unspecified atom stereocenters. The van der Waals surface area contributed by atoms with Crippen molar-refractivity contribution >= 4 is 27.5 Å². The van der Waals surface area contributed by atoms with Gasteiger partial charge in [-0.05, 0) is 58.2 Å². The van der Waals surface area contributed by atoms with Gasteiger partial charge in [0.15, 0.2) is 0 Å². The van der Waals surface area contributed by atoms with E-state index in [0.29, 0.717) is 11.6 Å². The minimum Gasteiger partial charge on any atom is -0.306 e. The maximum atomic E-state index is 13.1. The van der Waals surface area contributed by atoms with Crippen LogP contribution in [0.25, 0.3) is 0 Å². The second-order valence-electron chi connectivity index (χ2n) is 4.41. The Labute approximate surface area is 125 Å². The molecule has 0 spiro atoms. The summed E-state index contributed by atoms with van der Waals surface area (Å²) in [4.78, 5) is 0. The monoisotopic (exact) mass is 341 g/mol. The minimum atomic E-state index is -0.210. The van der Waals surface area contributed by atoms with Gasteiger partial charge in [0.1, 0.15) is 5.82 Å². The van der Waals surface area contributed by atoms with Crippen molar-refractivity contribution in [2.75, 3.05) is 0 Å². The van der Waals surface area contributed by atoms with Crippen molar-refractivity contribution in [2.45, 2.75) is 19.5 Å². The molecule has 100 valence electrons. The van der Waals surface area contributed by atoms with Crippen LogP contribution >= 0.6 is 27.5 Å². The third-order valence-corrected chi connectivity index (χ3v) is 4.18. The zero-order valence-corrected chi connectivity index (χ0v) is 12.8. The predicted molar refractivity (Wildman–Crippen MR) is 80.8 cm³/mol. The van der Waals surface area contributed by atoms with Crippen molar-refractivity contribution < 1.29 is 4.39 Å². The lowest BCUT2D eigenvalue weighted by Crippen LogP contribution is -2.18. The summed E-state index contributed by atoms with van der Waals surface area (Å²) >= 11 is 9.40. The zero-order chi connectivity index (χ0) is 13.8. The molecule has 2 rings (SSSR count). The molecule has 2 aromatic carbocycles. The molecule has 0 saturated carbocycles. The second-order valence-corrected chi connectivity index (χ2v) is 5.67. The van der Waals surface area contributed by atoms with Crippen LogP contribution < -0.4 is 5.32 Å². The van der Waals surface area contributed by atoms with Crippen LogP contribution in [0.5, 0.6) is 0 Å². The van der Waals surface area contributed by atoms with Crippen LogP contribution in [-0.2, 0) is 6.54 Å². The Morgan fingerprint density at radius 1 is 1.26 bits per heavy atom. The van der Waals surface area contributed by atoms with Gasteiger partial charge in [-0.25, -0.2) is 4.39 Å². The van der Waals surface area contributed by atoms with Crippen LogP contribution in [-0.4, -0.2) is 0 Å². The van der Waals surface area contributed by atoms with E-state index >= 15 is 0 Å². The summed E-state index contributed by atoms with van der Waals surface area (Å²) in [6.45, 7) is 2.69. The van der Waals surface area contributed by atoms with Gasteiger partial charge in [0.2, 0.25) is 0 Å². The molecule has 19 heavy (non-hydrogen) atoms. The Morgan fingerprint density at radius 3 is 2.74 bits per heavy atom. The first-order chi connectivity index (χ1) is 9.06. The lowest BCUT2D eigenvalue weighted by Gasteiger charge is -2.14.